The first-order valence-corrected chi connectivity index (χ1v) is 8.45. The number of hydrogen-bond acceptors (Lipinski definition) is 3. The Morgan fingerprint density at radius 1 is 1.26 bits per heavy atom. The Morgan fingerprint density at radius 3 is 2.83 bits per heavy atom. The van der Waals surface area contributed by atoms with Crippen LogP contribution in [0.25, 0.3) is 0 Å². The summed E-state index contributed by atoms with van der Waals surface area (Å²) in [5.74, 6) is 1.73. The first-order valence-electron chi connectivity index (χ1n) is 7.50. The smallest absolute Gasteiger partial charge is 0.191 e. The van der Waals surface area contributed by atoms with Gasteiger partial charge in [0.2, 0.25) is 0 Å². The third-order valence-corrected chi connectivity index (χ3v) is 3.73. The van der Waals surface area contributed by atoms with Gasteiger partial charge in [-0.3, -0.25) is 0 Å². The summed E-state index contributed by atoms with van der Waals surface area (Å²) in [6, 6.07) is 10.2. The highest BCUT2D eigenvalue weighted by atomic mass is 127. The Bertz CT molecular complexity index is 587. The lowest BCUT2D eigenvalue weighted by Crippen LogP contribution is -2.39. The zero-order chi connectivity index (χ0) is 15.6. The molecule has 1 heterocycles. The molecule has 0 spiro atoms. The van der Waals surface area contributed by atoms with E-state index in [-0.39, 0.29) is 24.0 Å². The third kappa shape index (κ3) is 7.69. The summed E-state index contributed by atoms with van der Waals surface area (Å²) in [7, 11) is 0. The normalized spacial score (nSPS) is 10.8. The number of thiophene rings is 1. The molecule has 0 fully saturated rings. The molecule has 2 aromatic rings. The maximum atomic E-state index is 5.72. The predicted octanol–water partition coefficient (Wildman–Crippen LogP) is 3.81. The number of nitrogens with zero attached hydrogens (tertiary/aromatic N) is 1. The van der Waals surface area contributed by atoms with Gasteiger partial charge in [-0.2, -0.15) is 11.3 Å². The van der Waals surface area contributed by atoms with Crippen molar-refractivity contribution < 1.29 is 4.74 Å². The summed E-state index contributed by atoms with van der Waals surface area (Å²) in [6.07, 6.45) is 0. The van der Waals surface area contributed by atoms with Gasteiger partial charge in [0, 0.05) is 6.54 Å². The average molecular weight is 445 g/mol. The lowest BCUT2D eigenvalue weighted by molar-refractivity contribution is 0.321. The molecule has 0 atom stereocenters. The molecule has 1 aromatic heterocycles. The van der Waals surface area contributed by atoms with Crippen LogP contribution in [0.3, 0.4) is 0 Å². The second-order valence-corrected chi connectivity index (χ2v) is 5.70. The molecule has 6 heteroatoms. The minimum absolute atomic E-state index is 0. The molecule has 0 bridgehead atoms. The second-order valence-electron chi connectivity index (χ2n) is 4.92. The van der Waals surface area contributed by atoms with E-state index in [0.29, 0.717) is 19.7 Å². The molecule has 0 saturated heterocycles. The Hall–Kier alpha value is -1.28. The van der Waals surface area contributed by atoms with Gasteiger partial charge < -0.3 is 15.4 Å². The van der Waals surface area contributed by atoms with Crippen LogP contribution in [0.1, 0.15) is 18.1 Å². The number of guanidine groups is 1. The number of hydrogen-bond donors (Lipinski definition) is 2. The SMILES string of the molecule is CCNC(=NCc1ccsc1)NCCOc1cccc(C)c1.I. The standard InChI is InChI=1S/C17H23N3OS.HI/c1-3-18-17(20-12-15-7-10-22-13-15)19-8-9-21-16-6-4-5-14(2)11-16;/h4-7,10-11,13H,3,8-9,12H2,1-2H3,(H2,18,19,20);1H. The van der Waals surface area contributed by atoms with E-state index in [1.54, 1.807) is 11.3 Å². The van der Waals surface area contributed by atoms with Gasteiger partial charge in [-0.15, -0.1) is 24.0 Å². The molecule has 4 nitrogen and oxygen atoms in total. The summed E-state index contributed by atoms with van der Waals surface area (Å²) >= 11 is 1.69. The fourth-order valence-electron chi connectivity index (χ4n) is 1.94. The predicted molar refractivity (Wildman–Crippen MR) is 109 cm³/mol. The van der Waals surface area contributed by atoms with Crippen molar-refractivity contribution in [2.45, 2.75) is 20.4 Å². The maximum Gasteiger partial charge on any atom is 0.191 e. The van der Waals surface area contributed by atoms with Crippen molar-refractivity contribution in [2.75, 3.05) is 19.7 Å². The Balaban J connectivity index is 0.00000264. The molecule has 23 heavy (non-hydrogen) atoms. The monoisotopic (exact) mass is 445 g/mol. The Kier molecular flexibility index (Phi) is 9.70. The first kappa shape index (κ1) is 19.8. The van der Waals surface area contributed by atoms with Crippen molar-refractivity contribution in [1.82, 2.24) is 10.6 Å². The molecular weight excluding hydrogens is 421 g/mol. The molecule has 0 amide bonds. The van der Waals surface area contributed by atoms with E-state index in [1.807, 2.05) is 18.2 Å². The fourth-order valence-corrected chi connectivity index (χ4v) is 2.60. The van der Waals surface area contributed by atoms with Crippen LogP contribution in [0.5, 0.6) is 5.75 Å². The minimum Gasteiger partial charge on any atom is -0.492 e. The topological polar surface area (TPSA) is 45.7 Å². The fraction of sp³-hybridized carbons (Fsp3) is 0.353. The van der Waals surface area contributed by atoms with E-state index in [4.69, 9.17) is 4.74 Å². The summed E-state index contributed by atoms with van der Waals surface area (Å²) in [6.45, 7) is 6.97. The van der Waals surface area contributed by atoms with Crippen LogP contribution in [-0.4, -0.2) is 25.7 Å². The van der Waals surface area contributed by atoms with Crippen LogP contribution in [-0.2, 0) is 6.54 Å². The highest BCUT2D eigenvalue weighted by Crippen LogP contribution is 2.11. The summed E-state index contributed by atoms with van der Waals surface area (Å²) in [5, 5.41) is 10.7. The zero-order valence-electron chi connectivity index (χ0n) is 13.5. The van der Waals surface area contributed by atoms with Crippen molar-refractivity contribution in [2.24, 2.45) is 4.99 Å². The molecule has 126 valence electrons. The van der Waals surface area contributed by atoms with E-state index < -0.39 is 0 Å². The molecule has 0 unspecified atom stereocenters. The molecule has 0 saturated carbocycles. The second kappa shape index (κ2) is 11.3. The number of benzene rings is 1. The first-order chi connectivity index (χ1) is 10.8. The van der Waals surface area contributed by atoms with Crippen LogP contribution >= 0.6 is 35.3 Å². The lowest BCUT2D eigenvalue weighted by Gasteiger charge is -2.12. The van der Waals surface area contributed by atoms with Gasteiger partial charge >= 0.3 is 0 Å². The number of ether oxygens (including phenoxy) is 1. The van der Waals surface area contributed by atoms with Gasteiger partial charge in [0.05, 0.1) is 13.1 Å². The third-order valence-electron chi connectivity index (χ3n) is 3.00. The van der Waals surface area contributed by atoms with Gasteiger partial charge in [0.15, 0.2) is 5.96 Å². The number of rotatable bonds is 7. The van der Waals surface area contributed by atoms with Crippen LogP contribution in [0, 0.1) is 6.92 Å². The molecule has 0 radical (unpaired) electrons. The minimum atomic E-state index is 0. The van der Waals surface area contributed by atoms with E-state index in [0.717, 1.165) is 18.3 Å². The van der Waals surface area contributed by atoms with Crippen molar-refractivity contribution in [3.05, 3.63) is 52.2 Å². The van der Waals surface area contributed by atoms with Gasteiger partial charge in [-0.05, 0) is 53.9 Å². The quantitative estimate of drug-likeness (QED) is 0.295. The maximum absolute atomic E-state index is 5.72. The van der Waals surface area contributed by atoms with Crippen molar-refractivity contribution in [3.63, 3.8) is 0 Å². The van der Waals surface area contributed by atoms with Gasteiger partial charge in [0.1, 0.15) is 12.4 Å². The number of aryl methyl sites for hydroxylation is 1. The van der Waals surface area contributed by atoms with Crippen molar-refractivity contribution in [1.29, 1.82) is 0 Å². The van der Waals surface area contributed by atoms with Gasteiger partial charge in [-0.1, -0.05) is 12.1 Å². The Morgan fingerprint density at radius 2 is 2.13 bits per heavy atom. The number of halogens is 1. The number of aliphatic imine (C=N–C) groups is 1. The average Bonchev–Trinajstić information content (AvgIpc) is 3.02. The number of nitrogens with one attached hydrogen (secondary N) is 2. The molecule has 0 aliphatic heterocycles. The molecule has 2 rings (SSSR count). The Labute approximate surface area is 159 Å². The van der Waals surface area contributed by atoms with E-state index >= 15 is 0 Å². The highest BCUT2D eigenvalue weighted by Gasteiger charge is 1.98. The lowest BCUT2D eigenvalue weighted by atomic mass is 10.2. The summed E-state index contributed by atoms with van der Waals surface area (Å²) < 4.78 is 5.72. The van der Waals surface area contributed by atoms with E-state index in [2.05, 4.69) is 52.4 Å². The molecule has 0 aliphatic rings. The molecule has 0 aliphatic carbocycles. The van der Waals surface area contributed by atoms with Crippen LogP contribution in [0.15, 0.2) is 46.1 Å². The van der Waals surface area contributed by atoms with Crippen LogP contribution in [0.2, 0.25) is 0 Å². The zero-order valence-corrected chi connectivity index (χ0v) is 16.7. The molecule has 1 aromatic carbocycles. The largest absolute Gasteiger partial charge is 0.492 e. The van der Waals surface area contributed by atoms with Crippen molar-refractivity contribution in [3.8, 4) is 5.75 Å². The van der Waals surface area contributed by atoms with E-state index in [9.17, 15) is 0 Å². The molecular formula is C17H24IN3OS. The van der Waals surface area contributed by atoms with Crippen molar-refractivity contribution >= 4 is 41.3 Å². The van der Waals surface area contributed by atoms with Crippen LogP contribution in [0.4, 0.5) is 0 Å². The van der Waals surface area contributed by atoms with Gasteiger partial charge in [-0.25, -0.2) is 4.99 Å². The summed E-state index contributed by atoms with van der Waals surface area (Å²) in [5.41, 5.74) is 2.44. The highest BCUT2D eigenvalue weighted by molar-refractivity contribution is 14.0. The van der Waals surface area contributed by atoms with E-state index in [1.165, 1.54) is 11.1 Å². The summed E-state index contributed by atoms with van der Waals surface area (Å²) in [4.78, 5) is 4.56. The van der Waals surface area contributed by atoms with Crippen LogP contribution < -0.4 is 15.4 Å². The van der Waals surface area contributed by atoms with Gasteiger partial charge in [0.25, 0.3) is 0 Å². The molecule has 2 N–H and O–H groups in total.